The maximum absolute atomic E-state index is 15.2. The molecule has 4 rings (SSSR count). The van der Waals surface area contributed by atoms with Gasteiger partial charge in [-0.2, -0.15) is 8.78 Å². The van der Waals surface area contributed by atoms with E-state index < -0.39 is 34.7 Å². The van der Waals surface area contributed by atoms with Gasteiger partial charge in [0.05, 0.1) is 0 Å². The molecule has 2 aliphatic heterocycles. The summed E-state index contributed by atoms with van der Waals surface area (Å²) in [4.78, 5) is 52.1. The quantitative estimate of drug-likeness (QED) is 0.370. The Morgan fingerprint density at radius 1 is 1.11 bits per heavy atom. The zero-order valence-electron chi connectivity index (χ0n) is 20.3. The molecule has 2 aromatic carbocycles. The summed E-state index contributed by atoms with van der Waals surface area (Å²) in [5.41, 5.74) is 1.56. The molecule has 2 aliphatic rings. The number of amides is 4. The molecule has 1 atom stereocenters. The second kappa shape index (κ2) is 9.10. The lowest BCUT2D eigenvalue weighted by Gasteiger charge is -2.39. The number of alkyl halides is 2. The van der Waals surface area contributed by atoms with Crippen molar-refractivity contribution in [3.63, 3.8) is 0 Å². The normalized spacial score (nSPS) is 18.1. The maximum atomic E-state index is 15.2. The smallest absolute Gasteiger partial charge is 0.348 e. The van der Waals surface area contributed by atoms with E-state index in [1.165, 1.54) is 25.0 Å². The zero-order chi connectivity index (χ0) is 26.6. The Labute approximate surface area is 215 Å². The number of imide groups is 1. The monoisotopic (exact) mass is 509 g/mol. The number of benzene rings is 2. The van der Waals surface area contributed by atoms with Crippen LogP contribution in [0.1, 0.15) is 39.9 Å². The predicted molar refractivity (Wildman–Crippen MR) is 140 cm³/mol. The molecule has 14 heteroatoms. The first kappa shape index (κ1) is 26.0. The summed E-state index contributed by atoms with van der Waals surface area (Å²) in [6, 6.07) is 7.82. The van der Waals surface area contributed by atoms with Crippen LogP contribution in [0, 0.1) is 0 Å². The van der Waals surface area contributed by atoms with Gasteiger partial charge in [0, 0.05) is 29.1 Å². The molecule has 2 heterocycles. The summed E-state index contributed by atoms with van der Waals surface area (Å²) < 4.78 is 30.4. The van der Waals surface area contributed by atoms with Gasteiger partial charge in [0.15, 0.2) is 0 Å². The molecule has 182 valence electrons. The van der Waals surface area contributed by atoms with Crippen molar-refractivity contribution in [2.24, 2.45) is 0 Å². The minimum absolute atomic E-state index is 0.141. The highest BCUT2D eigenvalue weighted by Gasteiger charge is 2.47. The molecule has 0 saturated carbocycles. The standard InChI is InChI=1S/C22H22B4ClF2N3O4/c23-14-8-11(2-4-15(14)27)21(28,29)20(36)32(26)22(24,25)12-1-3-13-10(7-12)9-31(19(13)35)16-5-6-17(33)30-18(16)34/h1-4,7-8,16H,5-6,9,23-26H2,(H,30,33,34). The third-order valence-corrected chi connectivity index (χ3v) is 7.59. The molecule has 1 saturated heterocycles. The van der Waals surface area contributed by atoms with Gasteiger partial charge in [0.25, 0.3) is 11.8 Å². The van der Waals surface area contributed by atoms with E-state index in [1.807, 2.05) is 0 Å². The number of rotatable bonds is 5. The average molecular weight is 509 g/mol. The summed E-state index contributed by atoms with van der Waals surface area (Å²) in [7, 11) is 6.19. The average Bonchev–Trinajstić information content (AvgIpc) is 3.15. The molecule has 2 aromatic rings. The summed E-state index contributed by atoms with van der Waals surface area (Å²) in [6.45, 7) is 0.141. The second-order valence-electron chi connectivity index (χ2n) is 9.73. The minimum Gasteiger partial charge on any atom is -0.393 e. The first-order valence-electron chi connectivity index (χ1n) is 11.5. The molecule has 4 amide bonds. The Hall–Kier alpha value is -3.07. The summed E-state index contributed by atoms with van der Waals surface area (Å²) in [5, 5.41) is 1.43. The summed E-state index contributed by atoms with van der Waals surface area (Å²) in [6.07, 6.45) is 0.377. The number of nitrogens with zero attached hydrogens (tertiary/aromatic N) is 2. The van der Waals surface area contributed by atoms with E-state index in [0.29, 0.717) is 27.2 Å². The van der Waals surface area contributed by atoms with Crippen LogP contribution in [0.25, 0.3) is 0 Å². The van der Waals surface area contributed by atoms with Gasteiger partial charge in [-0.15, -0.1) is 0 Å². The van der Waals surface area contributed by atoms with E-state index in [-0.39, 0.29) is 31.2 Å². The Kier molecular flexibility index (Phi) is 6.58. The fourth-order valence-corrected chi connectivity index (χ4v) is 4.69. The summed E-state index contributed by atoms with van der Waals surface area (Å²) >= 11 is 5.95. The number of carbonyl (C=O) groups excluding carboxylic acids is 4. The number of nitrogens with one attached hydrogen (secondary N) is 1. The molecule has 0 aliphatic carbocycles. The topological polar surface area (TPSA) is 86.8 Å². The lowest BCUT2D eigenvalue weighted by molar-refractivity contribution is -0.155. The van der Waals surface area contributed by atoms with E-state index in [0.717, 1.165) is 10.9 Å². The lowest BCUT2D eigenvalue weighted by Crippen LogP contribution is -2.54. The Morgan fingerprint density at radius 2 is 1.78 bits per heavy atom. The maximum Gasteiger partial charge on any atom is 0.348 e. The van der Waals surface area contributed by atoms with Gasteiger partial charge < -0.3 is 9.71 Å². The number of halogens is 3. The van der Waals surface area contributed by atoms with E-state index in [2.05, 4.69) is 5.32 Å². The van der Waals surface area contributed by atoms with Gasteiger partial charge in [0.2, 0.25) is 19.8 Å². The highest BCUT2D eigenvalue weighted by atomic mass is 35.5. The molecule has 0 spiro atoms. The second-order valence-corrected chi connectivity index (χ2v) is 10.1. The van der Waals surface area contributed by atoms with E-state index in [4.69, 9.17) is 11.6 Å². The molecule has 1 fully saturated rings. The van der Waals surface area contributed by atoms with Gasteiger partial charge in [-0.05, 0) is 35.0 Å². The highest BCUT2D eigenvalue weighted by molar-refractivity contribution is 6.45. The Bertz CT molecular complexity index is 1310. The van der Waals surface area contributed by atoms with Crippen molar-refractivity contribution in [3.8, 4) is 0 Å². The number of carbonyl (C=O) groups is 4. The van der Waals surface area contributed by atoms with Crippen molar-refractivity contribution in [1.29, 1.82) is 0 Å². The number of fused-ring (bicyclic) bond motifs is 1. The lowest BCUT2D eigenvalue weighted by atomic mass is 9.55. The molecule has 0 radical (unpaired) electrons. The number of hydrogen-bond acceptors (Lipinski definition) is 4. The van der Waals surface area contributed by atoms with E-state index >= 15 is 8.78 Å². The molecule has 1 unspecified atom stereocenters. The third-order valence-electron chi connectivity index (χ3n) is 7.16. The SMILES string of the molecule is Bc1cc(C(F)(F)C(=O)N(B)C(B)(B)c2ccc3c(c2)CN(C2CCC(=O)NC2=O)C3=O)ccc1Cl. The van der Waals surface area contributed by atoms with Crippen molar-refractivity contribution < 1.29 is 28.0 Å². The van der Waals surface area contributed by atoms with E-state index in [9.17, 15) is 19.2 Å². The van der Waals surface area contributed by atoms with Crippen LogP contribution in [0.15, 0.2) is 36.4 Å². The van der Waals surface area contributed by atoms with Crippen molar-refractivity contribution in [1.82, 2.24) is 15.0 Å². The fraction of sp³-hybridized carbons (Fsp3) is 0.273. The molecular formula is C22H22B4ClF2N3O4. The van der Waals surface area contributed by atoms with Crippen LogP contribution < -0.4 is 10.8 Å². The third kappa shape index (κ3) is 4.34. The molecule has 0 aromatic heterocycles. The highest BCUT2D eigenvalue weighted by Crippen LogP contribution is 2.35. The van der Waals surface area contributed by atoms with Crippen LogP contribution in [0.4, 0.5) is 8.78 Å². The Morgan fingerprint density at radius 3 is 2.42 bits per heavy atom. The Balaban J connectivity index is 1.58. The van der Waals surface area contributed by atoms with Gasteiger partial charge in [-0.1, -0.05) is 41.3 Å². The molecule has 36 heavy (non-hydrogen) atoms. The van der Waals surface area contributed by atoms with Gasteiger partial charge >= 0.3 is 5.92 Å². The van der Waals surface area contributed by atoms with Gasteiger partial charge in [-0.3, -0.25) is 24.5 Å². The largest absolute Gasteiger partial charge is 0.393 e. The van der Waals surface area contributed by atoms with Crippen molar-refractivity contribution >= 4 is 72.2 Å². The minimum atomic E-state index is -3.78. The number of piperidine rings is 1. The van der Waals surface area contributed by atoms with Crippen LogP contribution in [0.5, 0.6) is 0 Å². The first-order chi connectivity index (χ1) is 16.7. The number of hydrogen-bond donors (Lipinski definition) is 1. The van der Waals surface area contributed by atoms with Crippen LogP contribution in [-0.4, -0.2) is 70.9 Å². The molecule has 7 nitrogen and oxygen atoms in total. The fourth-order valence-electron chi connectivity index (χ4n) is 4.58. The molecule has 1 N–H and O–H groups in total. The summed E-state index contributed by atoms with van der Waals surface area (Å²) in [5.74, 6) is -6.38. The predicted octanol–water partition coefficient (Wildman–Crippen LogP) is -2.10. The van der Waals surface area contributed by atoms with Gasteiger partial charge in [-0.25, -0.2) is 0 Å². The molecule has 0 bridgehead atoms. The van der Waals surface area contributed by atoms with Crippen LogP contribution >= 0.6 is 11.6 Å². The van der Waals surface area contributed by atoms with Crippen LogP contribution in [0.2, 0.25) is 5.02 Å². The van der Waals surface area contributed by atoms with Gasteiger partial charge in [0.1, 0.15) is 29.6 Å². The van der Waals surface area contributed by atoms with Crippen LogP contribution in [0.3, 0.4) is 0 Å². The van der Waals surface area contributed by atoms with Crippen molar-refractivity contribution in [2.75, 3.05) is 0 Å². The van der Waals surface area contributed by atoms with E-state index in [1.54, 1.807) is 41.7 Å². The van der Waals surface area contributed by atoms with Crippen LogP contribution in [-0.2, 0) is 32.2 Å². The zero-order valence-corrected chi connectivity index (χ0v) is 21.1. The van der Waals surface area contributed by atoms with Crippen molar-refractivity contribution in [2.45, 2.75) is 36.7 Å². The first-order valence-corrected chi connectivity index (χ1v) is 11.8. The van der Waals surface area contributed by atoms with Crippen molar-refractivity contribution in [3.05, 3.63) is 63.7 Å². The molecular weight excluding hydrogens is 487 g/mol.